The number of amides is 2. The second-order valence-corrected chi connectivity index (χ2v) is 10.8. The van der Waals surface area contributed by atoms with E-state index in [4.69, 9.17) is 33.4 Å². The Kier molecular flexibility index (Phi) is 14.0. The van der Waals surface area contributed by atoms with Gasteiger partial charge in [-0.25, -0.2) is 8.78 Å². The van der Waals surface area contributed by atoms with Gasteiger partial charge in [-0.15, -0.1) is 0 Å². The number of rotatable bonds is 8. The van der Waals surface area contributed by atoms with Crippen molar-refractivity contribution in [1.82, 2.24) is 10.6 Å². The van der Waals surface area contributed by atoms with E-state index in [1.54, 1.807) is 12.1 Å². The van der Waals surface area contributed by atoms with Gasteiger partial charge in [-0.1, -0.05) is 57.0 Å². The van der Waals surface area contributed by atoms with Crippen molar-refractivity contribution in [1.29, 1.82) is 0 Å². The van der Waals surface area contributed by atoms with Gasteiger partial charge in [-0.3, -0.25) is 9.59 Å². The van der Waals surface area contributed by atoms with Gasteiger partial charge in [-0.2, -0.15) is 0 Å². The lowest BCUT2D eigenvalue weighted by Crippen LogP contribution is -2.28. The van der Waals surface area contributed by atoms with Gasteiger partial charge in [0.25, 0.3) is 0 Å². The molecule has 3 rings (SSSR count). The maximum Gasteiger partial charge on any atom is 0.211 e. The summed E-state index contributed by atoms with van der Waals surface area (Å²) >= 11 is 11.7. The van der Waals surface area contributed by atoms with Crippen molar-refractivity contribution in [2.24, 2.45) is 5.41 Å². The molecule has 0 aliphatic carbocycles. The second kappa shape index (κ2) is 15.8. The van der Waals surface area contributed by atoms with Crippen molar-refractivity contribution in [3.63, 3.8) is 0 Å². The molecule has 2 aromatic carbocycles. The van der Waals surface area contributed by atoms with E-state index in [9.17, 15) is 18.4 Å². The molecule has 3 atom stereocenters. The highest BCUT2D eigenvalue weighted by Gasteiger charge is 2.32. The molecule has 1 saturated heterocycles. The fraction of sp³-hybridized carbons (Fsp3) is 0.462. The number of benzene rings is 2. The topological polar surface area (TPSA) is 111 Å². The normalized spacial score (nSPS) is 17.5. The zero-order valence-corrected chi connectivity index (χ0v) is 22.8. The van der Waals surface area contributed by atoms with E-state index >= 15 is 0 Å². The van der Waals surface area contributed by atoms with Crippen LogP contribution in [0.15, 0.2) is 30.3 Å². The van der Waals surface area contributed by atoms with Crippen LogP contribution in [0.5, 0.6) is 0 Å². The molecule has 7 nitrogen and oxygen atoms in total. The van der Waals surface area contributed by atoms with Crippen molar-refractivity contribution < 1.29 is 28.6 Å². The summed E-state index contributed by atoms with van der Waals surface area (Å²) in [5, 5.41) is 24.7. The van der Waals surface area contributed by atoms with Crippen LogP contribution in [0.1, 0.15) is 50.7 Å². The third-order valence-corrected chi connectivity index (χ3v) is 5.52. The summed E-state index contributed by atoms with van der Waals surface area (Å²) < 4.78 is 27.4. The van der Waals surface area contributed by atoms with Crippen molar-refractivity contribution in [2.45, 2.75) is 45.6 Å². The summed E-state index contributed by atoms with van der Waals surface area (Å²) in [4.78, 5) is 20.4. The van der Waals surface area contributed by atoms with E-state index in [1.807, 2.05) is 0 Å². The van der Waals surface area contributed by atoms with Gasteiger partial charge in [-0.05, 0) is 40.8 Å². The number of anilines is 1. The molecule has 0 aromatic heterocycles. The van der Waals surface area contributed by atoms with Crippen molar-refractivity contribution in [2.75, 3.05) is 31.6 Å². The molecule has 206 valence electrons. The monoisotopic (exact) mass is 561 g/mol. The van der Waals surface area contributed by atoms with E-state index in [-0.39, 0.29) is 35.0 Å². The Hall–Kier alpha value is -2.30. The third kappa shape index (κ3) is 11.7. The molecule has 1 aliphatic rings. The Morgan fingerprint density at radius 1 is 1.03 bits per heavy atom. The SMILES string of the molecule is CC(C)(C)C.O=CNC[C@H](O)CO.O=CNc1cc(Cl)c(F)cc1[C@@H]1CNC[C@@H]1c1ccc(F)c(Cl)c1. The highest BCUT2D eigenvalue weighted by atomic mass is 35.5. The summed E-state index contributed by atoms with van der Waals surface area (Å²) in [5.74, 6) is -1.17. The number of halogens is 4. The summed E-state index contributed by atoms with van der Waals surface area (Å²) in [6.45, 7) is 9.77. The van der Waals surface area contributed by atoms with Gasteiger partial charge >= 0.3 is 0 Å². The average molecular weight is 562 g/mol. The molecule has 0 saturated carbocycles. The quantitative estimate of drug-likeness (QED) is 0.306. The number of nitrogens with one attached hydrogen (secondary N) is 3. The lowest BCUT2D eigenvalue weighted by atomic mass is 9.83. The predicted molar refractivity (Wildman–Crippen MR) is 143 cm³/mol. The first-order valence-electron chi connectivity index (χ1n) is 11.6. The number of aliphatic hydroxyl groups is 2. The molecule has 5 N–H and O–H groups in total. The zero-order chi connectivity index (χ0) is 28.2. The molecule has 2 aromatic rings. The number of carbonyl (C=O) groups is 2. The maximum absolute atomic E-state index is 14.0. The Balaban J connectivity index is 0.000000438. The van der Waals surface area contributed by atoms with E-state index in [0.717, 1.165) is 5.56 Å². The minimum Gasteiger partial charge on any atom is -0.394 e. The van der Waals surface area contributed by atoms with Crippen molar-refractivity contribution in [3.8, 4) is 0 Å². The van der Waals surface area contributed by atoms with Gasteiger partial charge in [0.05, 0.1) is 22.8 Å². The van der Waals surface area contributed by atoms with Crippen LogP contribution in [-0.4, -0.2) is 55.4 Å². The molecule has 0 unspecified atom stereocenters. The lowest BCUT2D eigenvalue weighted by molar-refractivity contribution is -0.110. The lowest BCUT2D eigenvalue weighted by Gasteiger charge is -2.22. The van der Waals surface area contributed by atoms with Gasteiger partial charge < -0.3 is 26.2 Å². The summed E-state index contributed by atoms with van der Waals surface area (Å²) in [6.07, 6.45) is 0.165. The first-order valence-corrected chi connectivity index (χ1v) is 12.4. The Morgan fingerprint density at radius 2 is 1.62 bits per heavy atom. The maximum atomic E-state index is 14.0. The Labute approximate surface area is 226 Å². The third-order valence-electron chi connectivity index (χ3n) is 4.94. The Morgan fingerprint density at radius 3 is 2.16 bits per heavy atom. The predicted octanol–water partition coefficient (Wildman–Crippen LogP) is 4.45. The summed E-state index contributed by atoms with van der Waals surface area (Å²) in [7, 11) is 0. The standard InChI is InChI=1S/C17H14Cl2F2N2O.C5H12.C4H9NO3/c18-13-3-9(1-2-15(13)20)11-6-22-7-12(11)10-4-16(21)14(19)5-17(10)23-8-24;1-5(2,3)4;6-2-4(8)1-5-3-7/h1-5,8,11-12,22H,6-7H2,(H,23,24);1-4H3;3-4,6,8H,1-2H2,(H,5,7)/t11-,12+;;4-/m1.0/s1. The first kappa shape index (κ1) is 32.7. The van der Waals surface area contributed by atoms with Crippen LogP contribution in [0, 0.1) is 17.0 Å². The number of hydrogen-bond acceptors (Lipinski definition) is 5. The van der Waals surface area contributed by atoms with E-state index < -0.39 is 17.7 Å². The highest BCUT2D eigenvalue weighted by Crippen LogP contribution is 2.41. The molecular formula is C26H35Cl2F2N3O4. The fourth-order valence-electron chi connectivity index (χ4n) is 3.40. The molecule has 0 spiro atoms. The molecular weight excluding hydrogens is 527 g/mol. The fourth-order valence-corrected chi connectivity index (χ4v) is 3.76. The minimum atomic E-state index is -0.833. The molecule has 1 fully saturated rings. The van der Waals surface area contributed by atoms with Crippen LogP contribution >= 0.6 is 23.2 Å². The van der Waals surface area contributed by atoms with Gasteiger partial charge in [0.15, 0.2) is 0 Å². The molecule has 37 heavy (non-hydrogen) atoms. The number of hydrogen-bond donors (Lipinski definition) is 5. The van der Waals surface area contributed by atoms with Gasteiger partial charge in [0.2, 0.25) is 12.8 Å². The molecule has 1 aliphatic heterocycles. The molecule has 11 heteroatoms. The van der Waals surface area contributed by atoms with E-state index in [0.29, 0.717) is 42.6 Å². The Bertz CT molecular complexity index is 1020. The van der Waals surface area contributed by atoms with Crippen LogP contribution < -0.4 is 16.0 Å². The van der Waals surface area contributed by atoms with Crippen LogP contribution in [0.3, 0.4) is 0 Å². The van der Waals surface area contributed by atoms with Gasteiger partial charge in [0, 0.05) is 37.2 Å². The largest absolute Gasteiger partial charge is 0.394 e. The smallest absolute Gasteiger partial charge is 0.211 e. The highest BCUT2D eigenvalue weighted by molar-refractivity contribution is 6.31. The number of carbonyl (C=O) groups excluding carboxylic acids is 2. The van der Waals surface area contributed by atoms with Gasteiger partial charge in [0.1, 0.15) is 11.6 Å². The minimum absolute atomic E-state index is 0.0316. The number of aliphatic hydroxyl groups excluding tert-OH is 2. The summed E-state index contributed by atoms with van der Waals surface area (Å²) in [6, 6.07) is 7.31. The molecule has 0 radical (unpaired) electrons. The molecule has 0 bridgehead atoms. The van der Waals surface area contributed by atoms with Crippen molar-refractivity contribution in [3.05, 3.63) is 63.1 Å². The van der Waals surface area contributed by atoms with Crippen LogP contribution in [0.25, 0.3) is 0 Å². The summed E-state index contributed by atoms with van der Waals surface area (Å²) in [5.41, 5.74) is 2.45. The average Bonchev–Trinajstić information content (AvgIpc) is 3.30. The van der Waals surface area contributed by atoms with E-state index in [2.05, 4.69) is 43.6 Å². The van der Waals surface area contributed by atoms with Crippen molar-refractivity contribution >= 4 is 41.7 Å². The molecule has 2 amide bonds. The molecule has 1 heterocycles. The van der Waals surface area contributed by atoms with Crippen LogP contribution in [0.2, 0.25) is 10.0 Å². The van der Waals surface area contributed by atoms with E-state index in [1.165, 1.54) is 18.2 Å². The second-order valence-electron chi connectivity index (χ2n) is 10.0. The van der Waals surface area contributed by atoms with Crippen LogP contribution in [0.4, 0.5) is 14.5 Å². The van der Waals surface area contributed by atoms with Crippen LogP contribution in [-0.2, 0) is 9.59 Å². The first-order chi connectivity index (χ1) is 17.3. The zero-order valence-electron chi connectivity index (χ0n) is 21.3.